The van der Waals surface area contributed by atoms with E-state index in [1.807, 2.05) is 24.3 Å². The summed E-state index contributed by atoms with van der Waals surface area (Å²) in [5.41, 5.74) is 0. The first-order valence-corrected chi connectivity index (χ1v) is 8.18. The van der Waals surface area contributed by atoms with Gasteiger partial charge >= 0.3 is 0 Å². The highest BCUT2D eigenvalue weighted by Gasteiger charge is 2.32. The zero-order valence-electron chi connectivity index (χ0n) is 13.8. The van der Waals surface area contributed by atoms with E-state index in [0.29, 0.717) is 6.04 Å². The normalized spacial score (nSPS) is 25.9. The summed E-state index contributed by atoms with van der Waals surface area (Å²) in [6.07, 6.45) is 3.91. The van der Waals surface area contributed by atoms with Gasteiger partial charge in [-0.05, 0) is 61.9 Å². The minimum absolute atomic E-state index is 0.263. The molecular weight excluding hydrogens is 262 g/mol. The number of hydrogen-bond acceptors (Lipinski definition) is 3. The second-order valence-electron chi connectivity index (χ2n) is 6.31. The molecule has 0 radical (unpaired) electrons. The van der Waals surface area contributed by atoms with Crippen LogP contribution < -0.4 is 14.8 Å². The van der Waals surface area contributed by atoms with Crippen molar-refractivity contribution in [2.75, 3.05) is 13.7 Å². The number of benzene rings is 1. The molecule has 2 rings (SSSR count). The van der Waals surface area contributed by atoms with Crippen molar-refractivity contribution < 1.29 is 9.47 Å². The van der Waals surface area contributed by atoms with Crippen LogP contribution in [0.25, 0.3) is 0 Å². The maximum absolute atomic E-state index is 6.28. The zero-order chi connectivity index (χ0) is 15.2. The minimum Gasteiger partial charge on any atom is -0.497 e. The van der Waals surface area contributed by atoms with E-state index >= 15 is 0 Å². The molecule has 21 heavy (non-hydrogen) atoms. The lowest BCUT2D eigenvalue weighted by atomic mass is 9.78. The van der Waals surface area contributed by atoms with Gasteiger partial charge in [0.1, 0.15) is 17.6 Å². The molecule has 3 atom stereocenters. The Labute approximate surface area is 129 Å². The monoisotopic (exact) mass is 291 g/mol. The Bertz CT molecular complexity index is 416. The first kappa shape index (κ1) is 16.2. The first-order chi connectivity index (χ1) is 10.1. The van der Waals surface area contributed by atoms with Crippen molar-refractivity contribution in [3.63, 3.8) is 0 Å². The molecule has 0 saturated heterocycles. The molecule has 3 heteroatoms. The molecule has 3 nitrogen and oxygen atoms in total. The van der Waals surface area contributed by atoms with E-state index in [1.54, 1.807) is 7.11 Å². The van der Waals surface area contributed by atoms with Crippen molar-refractivity contribution in [2.45, 2.75) is 52.2 Å². The molecule has 118 valence electrons. The third kappa shape index (κ3) is 4.37. The number of ether oxygens (including phenoxy) is 2. The first-order valence-electron chi connectivity index (χ1n) is 8.18. The van der Waals surface area contributed by atoms with E-state index in [9.17, 15) is 0 Å². The molecule has 0 amide bonds. The highest BCUT2D eigenvalue weighted by molar-refractivity contribution is 5.31. The fourth-order valence-electron chi connectivity index (χ4n) is 3.22. The van der Waals surface area contributed by atoms with E-state index in [4.69, 9.17) is 9.47 Å². The quantitative estimate of drug-likeness (QED) is 0.863. The summed E-state index contributed by atoms with van der Waals surface area (Å²) >= 11 is 0. The molecule has 3 unspecified atom stereocenters. The SMILES string of the molecule is CCNC1CCC(C(C)C)CC1Oc1ccc(OC)cc1. The van der Waals surface area contributed by atoms with Gasteiger partial charge in [-0.15, -0.1) is 0 Å². The average Bonchev–Trinajstić information content (AvgIpc) is 2.50. The fraction of sp³-hybridized carbons (Fsp3) is 0.667. The van der Waals surface area contributed by atoms with Gasteiger partial charge in [-0.2, -0.15) is 0 Å². The van der Waals surface area contributed by atoms with Crippen molar-refractivity contribution in [1.82, 2.24) is 5.32 Å². The van der Waals surface area contributed by atoms with E-state index < -0.39 is 0 Å². The van der Waals surface area contributed by atoms with E-state index in [0.717, 1.165) is 36.3 Å². The van der Waals surface area contributed by atoms with Gasteiger partial charge in [0, 0.05) is 6.04 Å². The predicted octanol–water partition coefficient (Wildman–Crippen LogP) is 3.88. The Kier molecular flexibility index (Phi) is 5.92. The third-order valence-electron chi connectivity index (χ3n) is 4.59. The number of nitrogens with one attached hydrogen (secondary N) is 1. The smallest absolute Gasteiger partial charge is 0.120 e. The van der Waals surface area contributed by atoms with Crippen LogP contribution in [0, 0.1) is 11.8 Å². The summed E-state index contributed by atoms with van der Waals surface area (Å²) in [6, 6.07) is 8.38. The fourth-order valence-corrected chi connectivity index (χ4v) is 3.22. The lowest BCUT2D eigenvalue weighted by Crippen LogP contribution is -2.47. The van der Waals surface area contributed by atoms with Crippen LogP contribution in [0.2, 0.25) is 0 Å². The minimum atomic E-state index is 0.263. The van der Waals surface area contributed by atoms with Crippen molar-refractivity contribution in [3.8, 4) is 11.5 Å². The van der Waals surface area contributed by atoms with E-state index in [-0.39, 0.29) is 6.10 Å². The largest absolute Gasteiger partial charge is 0.497 e. The van der Waals surface area contributed by atoms with E-state index in [2.05, 4.69) is 26.1 Å². The van der Waals surface area contributed by atoms with Gasteiger partial charge in [0.15, 0.2) is 0 Å². The standard InChI is InChI=1S/C18H29NO2/c1-5-19-17-11-6-14(13(2)3)12-18(17)21-16-9-7-15(20-4)8-10-16/h7-10,13-14,17-19H,5-6,11-12H2,1-4H3. The molecular formula is C18H29NO2. The van der Waals surface area contributed by atoms with Crippen LogP contribution in [-0.2, 0) is 0 Å². The van der Waals surface area contributed by atoms with Gasteiger partial charge in [0.25, 0.3) is 0 Å². The number of methoxy groups -OCH3 is 1. The Morgan fingerprint density at radius 2 is 1.81 bits per heavy atom. The Balaban J connectivity index is 2.03. The molecule has 1 fully saturated rings. The zero-order valence-corrected chi connectivity index (χ0v) is 13.8. The molecule has 0 bridgehead atoms. The summed E-state index contributed by atoms with van der Waals surface area (Å²) in [7, 11) is 1.69. The lowest BCUT2D eigenvalue weighted by Gasteiger charge is -2.38. The van der Waals surface area contributed by atoms with Gasteiger partial charge < -0.3 is 14.8 Å². The lowest BCUT2D eigenvalue weighted by molar-refractivity contribution is 0.0725. The topological polar surface area (TPSA) is 30.5 Å². The number of likely N-dealkylation sites (N-methyl/N-ethyl adjacent to an activating group) is 1. The second kappa shape index (κ2) is 7.69. The Morgan fingerprint density at radius 3 is 2.38 bits per heavy atom. The van der Waals surface area contributed by atoms with Crippen molar-refractivity contribution >= 4 is 0 Å². The maximum atomic E-state index is 6.28. The molecule has 0 heterocycles. The van der Waals surface area contributed by atoms with Crippen LogP contribution in [0.1, 0.15) is 40.0 Å². The molecule has 1 N–H and O–H groups in total. The highest BCUT2D eigenvalue weighted by atomic mass is 16.5. The average molecular weight is 291 g/mol. The molecule has 1 aliphatic rings. The summed E-state index contributed by atoms with van der Waals surface area (Å²) in [4.78, 5) is 0. The van der Waals surface area contributed by atoms with Gasteiger partial charge in [-0.25, -0.2) is 0 Å². The number of hydrogen-bond donors (Lipinski definition) is 1. The molecule has 1 aromatic carbocycles. The van der Waals surface area contributed by atoms with Crippen LogP contribution in [-0.4, -0.2) is 25.8 Å². The molecule has 0 aliphatic heterocycles. The molecule has 0 aromatic heterocycles. The molecule has 1 aliphatic carbocycles. The molecule has 1 saturated carbocycles. The predicted molar refractivity (Wildman–Crippen MR) is 87.1 cm³/mol. The molecule has 0 spiro atoms. The highest BCUT2D eigenvalue weighted by Crippen LogP contribution is 2.33. The summed E-state index contributed by atoms with van der Waals surface area (Å²) in [5.74, 6) is 3.31. The van der Waals surface area contributed by atoms with Crippen molar-refractivity contribution in [1.29, 1.82) is 0 Å². The maximum Gasteiger partial charge on any atom is 0.120 e. The van der Waals surface area contributed by atoms with E-state index in [1.165, 1.54) is 12.8 Å². The number of rotatable bonds is 6. The van der Waals surface area contributed by atoms with Crippen LogP contribution >= 0.6 is 0 Å². The van der Waals surface area contributed by atoms with Crippen molar-refractivity contribution in [3.05, 3.63) is 24.3 Å². The van der Waals surface area contributed by atoms with Gasteiger partial charge in [-0.3, -0.25) is 0 Å². The summed E-state index contributed by atoms with van der Waals surface area (Å²) < 4.78 is 11.5. The Morgan fingerprint density at radius 1 is 1.14 bits per heavy atom. The van der Waals surface area contributed by atoms with Crippen LogP contribution in [0.4, 0.5) is 0 Å². The third-order valence-corrected chi connectivity index (χ3v) is 4.59. The van der Waals surface area contributed by atoms with Crippen LogP contribution in [0.3, 0.4) is 0 Å². The Hall–Kier alpha value is -1.22. The van der Waals surface area contributed by atoms with Gasteiger partial charge in [-0.1, -0.05) is 20.8 Å². The van der Waals surface area contributed by atoms with Gasteiger partial charge in [0.2, 0.25) is 0 Å². The summed E-state index contributed by atoms with van der Waals surface area (Å²) in [6.45, 7) is 7.81. The van der Waals surface area contributed by atoms with Crippen LogP contribution in [0.5, 0.6) is 11.5 Å². The van der Waals surface area contributed by atoms with Crippen molar-refractivity contribution in [2.24, 2.45) is 11.8 Å². The second-order valence-corrected chi connectivity index (χ2v) is 6.31. The molecule has 1 aromatic rings. The van der Waals surface area contributed by atoms with Crippen LogP contribution in [0.15, 0.2) is 24.3 Å². The summed E-state index contributed by atoms with van der Waals surface area (Å²) in [5, 5.41) is 3.59. The van der Waals surface area contributed by atoms with Gasteiger partial charge in [0.05, 0.1) is 7.11 Å².